The van der Waals surface area contributed by atoms with Crippen molar-refractivity contribution in [3.05, 3.63) is 56.0 Å². The fourth-order valence-corrected chi connectivity index (χ4v) is 3.53. The van der Waals surface area contributed by atoms with E-state index < -0.39 is 0 Å². The lowest BCUT2D eigenvalue weighted by molar-refractivity contribution is 0.269. The van der Waals surface area contributed by atoms with Gasteiger partial charge in [-0.25, -0.2) is 4.68 Å². The number of ether oxygens (including phenoxy) is 2. The van der Waals surface area contributed by atoms with Gasteiger partial charge in [-0.15, -0.1) is 0 Å². The second-order valence-corrected chi connectivity index (χ2v) is 7.72. The van der Waals surface area contributed by atoms with Crippen molar-refractivity contribution in [2.24, 2.45) is 0 Å². The number of rotatable bonds is 9. The van der Waals surface area contributed by atoms with Crippen LogP contribution in [-0.2, 0) is 19.7 Å². The Morgan fingerprint density at radius 3 is 2.59 bits per heavy atom. The van der Waals surface area contributed by atoms with Crippen molar-refractivity contribution in [3.8, 4) is 11.5 Å². The SMILES string of the molecule is CCOc1cc(CNc2nnnn2CC)c(Br)cc1OCc1ccc(Cl)cc1Cl. The summed E-state index contributed by atoms with van der Waals surface area (Å²) in [5.74, 6) is 1.87. The number of aryl methyl sites for hydroxylation is 1. The Morgan fingerprint density at radius 2 is 1.86 bits per heavy atom. The Bertz CT molecular complexity index is 983. The molecule has 10 heteroatoms. The lowest BCUT2D eigenvalue weighted by Gasteiger charge is -2.16. The number of hydrogen-bond donors (Lipinski definition) is 1. The van der Waals surface area contributed by atoms with Crippen LogP contribution in [0.15, 0.2) is 34.8 Å². The van der Waals surface area contributed by atoms with E-state index in [0.717, 1.165) is 15.6 Å². The molecule has 7 nitrogen and oxygen atoms in total. The number of benzene rings is 2. The molecule has 1 aromatic heterocycles. The summed E-state index contributed by atoms with van der Waals surface area (Å²) in [5, 5.41) is 16.0. The van der Waals surface area contributed by atoms with Crippen LogP contribution in [0.5, 0.6) is 11.5 Å². The molecule has 0 spiro atoms. The fraction of sp³-hybridized carbons (Fsp3) is 0.316. The van der Waals surface area contributed by atoms with E-state index in [2.05, 4.69) is 36.8 Å². The molecule has 2 aromatic carbocycles. The molecule has 3 aromatic rings. The molecule has 0 amide bonds. The molecule has 3 rings (SSSR count). The first kappa shape index (κ1) is 21.7. The summed E-state index contributed by atoms with van der Waals surface area (Å²) >= 11 is 15.8. The van der Waals surface area contributed by atoms with Crippen LogP contribution in [0.2, 0.25) is 10.0 Å². The Hall–Kier alpha value is -2.03. The number of hydrogen-bond acceptors (Lipinski definition) is 6. The van der Waals surface area contributed by atoms with E-state index >= 15 is 0 Å². The Morgan fingerprint density at radius 1 is 1.07 bits per heavy atom. The summed E-state index contributed by atoms with van der Waals surface area (Å²) in [5.41, 5.74) is 1.82. The van der Waals surface area contributed by atoms with E-state index in [0.29, 0.717) is 53.8 Å². The average molecular weight is 501 g/mol. The van der Waals surface area contributed by atoms with Crippen molar-refractivity contribution in [1.82, 2.24) is 20.2 Å². The van der Waals surface area contributed by atoms with Crippen molar-refractivity contribution in [3.63, 3.8) is 0 Å². The van der Waals surface area contributed by atoms with Crippen LogP contribution < -0.4 is 14.8 Å². The van der Waals surface area contributed by atoms with Crippen molar-refractivity contribution >= 4 is 45.1 Å². The molecule has 0 bridgehead atoms. The van der Waals surface area contributed by atoms with Crippen LogP contribution in [0.4, 0.5) is 5.95 Å². The van der Waals surface area contributed by atoms with Gasteiger partial charge in [0.25, 0.3) is 0 Å². The van der Waals surface area contributed by atoms with Crippen LogP contribution in [-0.4, -0.2) is 26.8 Å². The first-order valence-electron chi connectivity index (χ1n) is 9.03. The highest BCUT2D eigenvalue weighted by Crippen LogP contribution is 2.35. The molecule has 1 N–H and O–H groups in total. The van der Waals surface area contributed by atoms with Gasteiger partial charge in [-0.1, -0.05) is 50.3 Å². The normalized spacial score (nSPS) is 10.8. The predicted molar refractivity (Wildman–Crippen MR) is 117 cm³/mol. The van der Waals surface area contributed by atoms with Crippen LogP contribution in [0, 0.1) is 0 Å². The summed E-state index contributed by atoms with van der Waals surface area (Å²) in [7, 11) is 0. The molecule has 0 aliphatic rings. The maximum atomic E-state index is 6.24. The van der Waals surface area contributed by atoms with E-state index in [4.69, 9.17) is 32.7 Å². The molecule has 1 heterocycles. The Kier molecular flexibility index (Phi) is 7.57. The number of nitrogens with one attached hydrogen (secondary N) is 1. The van der Waals surface area contributed by atoms with E-state index in [1.54, 1.807) is 16.8 Å². The highest BCUT2D eigenvalue weighted by molar-refractivity contribution is 9.10. The van der Waals surface area contributed by atoms with Crippen molar-refractivity contribution < 1.29 is 9.47 Å². The van der Waals surface area contributed by atoms with Crippen LogP contribution in [0.1, 0.15) is 25.0 Å². The van der Waals surface area contributed by atoms with Crippen molar-refractivity contribution in [2.75, 3.05) is 11.9 Å². The summed E-state index contributed by atoms with van der Waals surface area (Å²) in [6.07, 6.45) is 0. The van der Waals surface area contributed by atoms with E-state index in [1.807, 2.05) is 32.0 Å². The first-order chi connectivity index (χ1) is 14.0. The third-order valence-corrected chi connectivity index (χ3v) is 5.40. The molecule has 29 heavy (non-hydrogen) atoms. The highest BCUT2D eigenvalue weighted by atomic mass is 79.9. The first-order valence-corrected chi connectivity index (χ1v) is 10.6. The van der Waals surface area contributed by atoms with Gasteiger partial charge in [0.15, 0.2) is 11.5 Å². The molecular formula is C19H20BrCl2N5O2. The fourth-order valence-electron chi connectivity index (χ4n) is 2.61. The molecule has 0 saturated carbocycles. The van der Waals surface area contributed by atoms with E-state index in [-0.39, 0.29) is 0 Å². The minimum atomic E-state index is 0.297. The molecule has 0 atom stereocenters. The second-order valence-electron chi connectivity index (χ2n) is 6.02. The van der Waals surface area contributed by atoms with Gasteiger partial charge in [0.2, 0.25) is 5.95 Å². The van der Waals surface area contributed by atoms with Crippen molar-refractivity contribution in [2.45, 2.75) is 33.5 Å². The smallest absolute Gasteiger partial charge is 0.243 e. The largest absolute Gasteiger partial charge is 0.490 e. The topological polar surface area (TPSA) is 74.1 Å². The zero-order valence-corrected chi connectivity index (χ0v) is 19.1. The highest BCUT2D eigenvalue weighted by Gasteiger charge is 2.13. The van der Waals surface area contributed by atoms with Gasteiger partial charge < -0.3 is 14.8 Å². The third-order valence-electron chi connectivity index (χ3n) is 4.08. The van der Waals surface area contributed by atoms with Gasteiger partial charge in [-0.3, -0.25) is 0 Å². The van der Waals surface area contributed by atoms with Crippen LogP contribution in [0.3, 0.4) is 0 Å². The average Bonchev–Trinajstić information content (AvgIpc) is 3.15. The Labute approximate surface area is 187 Å². The van der Waals surface area contributed by atoms with Gasteiger partial charge in [0.1, 0.15) is 6.61 Å². The summed E-state index contributed by atoms with van der Waals surface area (Å²) < 4.78 is 14.3. The lowest BCUT2D eigenvalue weighted by Crippen LogP contribution is -2.09. The molecular weight excluding hydrogens is 481 g/mol. The second kappa shape index (κ2) is 10.1. The van der Waals surface area contributed by atoms with Crippen LogP contribution in [0.25, 0.3) is 0 Å². The van der Waals surface area contributed by atoms with Gasteiger partial charge in [0, 0.05) is 33.2 Å². The minimum absolute atomic E-state index is 0.297. The van der Waals surface area contributed by atoms with Gasteiger partial charge in [0.05, 0.1) is 6.61 Å². The maximum absolute atomic E-state index is 6.24. The van der Waals surface area contributed by atoms with E-state index in [1.165, 1.54) is 0 Å². The van der Waals surface area contributed by atoms with E-state index in [9.17, 15) is 0 Å². The standard InChI is InChI=1S/C19H20BrCl2N5O2/c1-3-27-19(24-25-26-27)23-10-13-7-17(28-4-2)18(9-15(13)20)29-11-12-5-6-14(21)8-16(12)22/h5-9H,3-4,10-11H2,1-2H3,(H,23,24,26). The monoisotopic (exact) mass is 499 g/mol. The summed E-state index contributed by atoms with van der Waals surface area (Å²) in [4.78, 5) is 0. The number of halogens is 3. The number of aromatic nitrogens is 4. The molecule has 0 fully saturated rings. The molecule has 0 radical (unpaired) electrons. The van der Waals surface area contributed by atoms with Gasteiger partial charge >= 0.3 is 0 Å². The molecule has 0 aliphatic carbocycles. The predicted octanol–water partition coefficient (Wildman–Crippen LogP) is 5.35. The quantitative estimate of drug-likeness (QED) is 0.426. The lowest BCUT2D eigenvalue weighted by atomic mass is 10.2. The zero-order valence-electron chi connectivity index (χ0n) is 16.0. The summed E-state index contributed by atoms with van der Waals surface area (Å²) in [6.45, 7) is 5.91. The van der Waals surface area contributed by atoms with Gasteiger partial charge in [-0.2, -0.15) is 0 Å². The zero-order chi connectivity index (χ0) is 20.8. The number of anilines is 1. The van der Waals surface area contributed by atoms with Crippen LogP contribution >= 0.6 is 39.1 Å². The molecule has 154 valence electrons. The Balaban J connectivity index is 1.76. The number of nitrogens with zero attached hydrogens (tertiary/aromatic N) is 4. The molecule has 0 saturated heterocycles. The minimum Gasteiger partial charge on any atom is -0.490 e. The van der Waals surface area contributed by atoms with Crippen molar-refractivity contribution in [1.29, 1.82) is 0 Å². The summed E-state index contributed by atoms with van der Waals surface area (Å²) in [6, 6.07) is 9.13. The third kappa shape index (κ3) is 5.52. The van der Waals surface area contributed by atoms with Gasteiger partial charge in [-0.05, 0) is 54.1 Å². The maximum Gasteiger partial charge on any atom is 0.243 e. The molecule has 0 unspecified atom stereocenters. The number of tetrazole rings is 1. The molecule has 0 aliphatic heterocycles.